The molecule has 4 atom stereocenters. The van der Waals surface area contributed by atoms with Crippen molar-refractivity contribution in [3.8, 4) is 5.75 Å². The zero-order valence-electron chi connectivity index (χ0n) is 13.6. The summed E-state index contributed by atoms with van der Waals surface area (Å²) >= 11 is 0. The van der Waals surface area contributed by atoms with Gasteiger partial charge >= 0.3 is 0 Å². The first kappa shape index (κ1) is 14.7. The van der Waals surface area contributed by atoms with Crippen LogP contribution in [-0.4, -0.2) is 18.1 Å². The van der Waals surface area contributed by atoms with E-state index in [4.69, 9.17) is 4.74 Å². The Hall–Kier alpha value is -1.87. The lowest BCUT2D eigenvalue weighted by Crippen LogP contribution is -2.54. The summed E-state index contributed by atoms with van der Waals surface area (Å²) in [5, 5.41) is 3.82. The third-order valence-corrected chi connectivity index (χ3v) is 5.73. The van der Waals surface area contributed by atoms with E-state index < -0.39 is 0 Å². The van der Waals surface area contributed by atoms with Crippen LogP contribution in [0.3, 0.4) is 0 Å². The van der Waals surface area contributed by atoms with Gasteiger partial charge in [0.2, 0.25) is 0 Å². The standard InChI is InChI=1S/C20H24N2O/c1-23-16-7-5-15(6-8-16)19-17-3-2-4-18(17)20(19)22-13-14-9-11-21-12-10-14/h5-12,17-20,22H,2-4,13H2,1H3/t17?,18?,19-,20-/m1/s1. The summed E-state index contributed by atoms with van der Waals surface area (Å²) in [6.45, 7) is 0.934. The molecule has 0 radical (unpaired) electrons. The molecule has 4 rings (SSSR count). The summed E-state index contributed by atoms with van der Waals surface area (Å²) in [6, 6.07) is 13.5. The molecule has 120 valence electrons. The van der Waals surface area contributed by atoms with E-state index in [0.717, 1.165) is 24.1 Å². The van der Waals surface area contributed by atoms with Gasteiger partial charge in [-0.15, -0.1) is 0 Å². The van der Waals surface area contributed by atoms with Crippen LogP contribution in [0.4, 0.5) is 0 Å². The van der Waals surface area contributed by atoms with E-state index in [1.54, 1.807) is 7.11 Å². The zero-order chi connectivity index (χ0) is 15.6. The number of methoxy groups -OCH3 is 1. The fourth-order valence-corrected chi connectivity index (χ4v) is 4.59. The van der Waals surface area contributed by atoms with E-state index >= 15 is 0 Å². The molecule has 2 unspecified atom stereocenters. The first-order valence-corrected chi connectivity index (χ1v) is 8.63. The zero-order valence-corrected chi connectivity index (χ0v) is 13.6. The molecule has 2 aromatic rings. The van der Waals surface area contributed by atoms with Crippen molar-refractivity contribution in [1.82, 2.24) is 10.3 Å². The number of fused-ring (bicyclic) bond motifs is 1. The molecular formula is C20H24N2O. The Bertz CT molecular complexity index is 640. The molecule has 0 spiro atoms. The van der Waals surface area contributed by atoms with Crippen LogP contribution in [0.2, 0.25) is 0 Å². The van der Waals surface area contributed by atoms with Gasteiger partial charge in [-0.3, -0.25) is 4.98 Å². The number of hydrogen-bond donors (Lipinski definition) is 1. The molecule has 0 saturated heterocycles. The van der Waals surface area contributed by atoms with Gasteiger partial charge in [0.25, 0.3) is 0 Å². The quantitative estimate of drug-likeness (QED) is 0.913. The summed E-state index contributed by atoms with van der Waals surface area (Å²) < 4.78 is 5.30. The molecule has 1 N–H and O–H groups in total. The average Bonchev–Trinajstić information content (AvgIpc) is 3.00. The Labute approximate surface area is 138 Å². The van der Waals surface area contributed by atoms with Crippen LogP contribution in [0.5, 0.6) is 5.75 Å². The van der Waals surface area contributed by atoms with E-state index in [0.29, 0.717) is 12.0 Å². The molecule has 0 amide bonds. The van der Waals surface area contributed by atoms with Crippen molar-refractivity contribution in [1.29, 1.82) is 0 Å². The van der Waals surface area contributed by atoms with Gasteiger partial charge in [-0.05, 0) is 60.1 Å². The Morgan fingerprint density at radius 1 is 1.04 bits per heavy atom. The van der Waals surface area contributed by atoms with Crippen LogP contribution in [-0.2, 0) is 6.54 Å². The maximum atomic E-state index is 5.30. The Balaban J connectivity index is 1.49. The van der Waals surface area contributed by atoms with E-state index in [9.17, 15) is 0 Å². The number of benzene rings is 1. The van der Waals surface area contributed by atoms with Gasteiger partial charge in [0, 0.05) is 30.9 Å². The molecule has 1 aromatic carbocycles. The highest BCUT2D eigenvalue weighted by Gasteiger charge is 2.52. The Morgan fingerprint density at radius 2 is 1.78 bits per heavy atom. The van der Waals surface area contributed by atoms with Crippen LogP contribution >= 0.6 is 0 Å². The van der Waals surface area contributed by atoms with Crippen molar-refractivity contribution < 1.29 is 4.74 Å². The summed E-state index contributed by atoms with van der Waals surface area (Å²) in [5.41, 5.74) is 2.77. The number of pyridine rings is 1. The van der Waals surface area contributed by atoms with E-state index in [1.807, 2.05) is 12.4 Å². The number of rotatable bonds is 5. The molecule has 1 aromatic heterocycles. The van der Waals surface area contributed by atoms with Crippen molar-refractivity contribution >= 4 is 0 Å². The second-order valence-electron chi connectivity index (χ2n) is 6.82. The first-order valence-electron chi connectivity index (χ1n) is 8.63. The van der Waals surface area contributed by atoms with Gasteiger partial charge in [0.15, 0.2) is 0 Å². The second kappa shape index (κ2) is 6.32. The number of nitrogens with one attached hydrogen (secondary N) is 1. The third-order valence-electron chi connectivity index (χ3n) is 5.73. The van der Waals surface area contributed by atoms with Crippen molar-refractivity contribution in [2.75, 3.05) is 7.11 Å². The predicted octanol–water partition coefficient (Wildman–Crippen LogP) is 3.76. The smallest absolute Gasteiger partial charge is 0.118 e. The molecule has 3 nitrogen and oxygen atoms in total. The first-order chi connectivity index (χ1) is 11.4. The number of nitrogens with zero attached hydrogens (tertiary/aromatic N) is 1. The minimum atomic E-state index is 0.601. The van der Waals surface area contributed by atoms with Crippen LogP contribution in [0, 0.1) is 11.8 Å². The molecule has 3 heteroatoms. The highest BCUT2D eigenvalue weighted by Crippen LogP contribution is 2.56. The summed E-state index contributed by atoms with van der Waals surface area (Å²) in [4.78, 5) is 4.10. The second-order valence-corrected chi connectivity index (χ2v) is 6.82. The minimum Gasteiger partial charge on any atom is -0.497 e. The van der Waals surface area contributed by atoms with Crippen LogP contribution < -0.4 is 10.1 Å². The van der Waals surface area contributed by atoms with Crippen molar-refractivity contribution in [3.05, 3.63) is 59.9 Å². The molecule has 2 aliphatic rings. The van der Waals surface area contributed by atoms with Gasteiger partial charge in [-0.2, -0.15) is 0 Å². The molecule has 0 aliphatic heterocycles. The van der Waals surface area contributed by atoms with Crippen LogP contribution in [0.25, 0.3) is 0 Å². The van der Waals surface area contributed by atoms with Crippen molar-refractivity contribution in [3.63, 3.8) is 0 Å². The lowest BCUT2D eigenvalue weighted by atomic mass is 9.60. The largest absolute Gasteiger partial charge is 0.497 e. The highest BCUT2D eigenvalue weighted by molar-refractivity contribution is 5.34. The average molecular weight is 308 g/mol. The fraction of sp³-hybridized carbons (Fsp3) is 0.450. The molecule has 2 aliphatic carbocycles. The summed E-state index contributed by atoms with van der Waals surface area (Å²) in [7, 11) is 1.73. The third kappa shape index (κ3) is 2.74. The normalized spacial score (nSPS) is 28.9. The summed E-state index contributed by atoms with van der Waals surface area (Å²) in [6.07, 6.45) is 7.89. The molecular weight excluding hydrogens is 284 g/mol. The molecule has 23 heavy (non-hydrogen) atoms. The fourth-order valence-electron chi connectivity index (χ4n) is 4.59. The van der Waals surface area contributed by atoms with Crippen LogP contribution in [0.15, 0.2) is 48.8 Å². The number of aromatic nitrogens is 1. The molecule has 1 heterocycles. The predicted molar refractivity (Wildman–Crippen MR) is 91.4 cm³/mol. The lowest BCUT2D eigenvalue weighted by Gasteiger charge is -2.50. The Morgan fingerprint density at radius 3 is 2.52 bits per heavy atom. The van der Waals surface area contributed by atoms with Gasteiger partial charge in [-0.1, -0.05) is 18.6 Å². The molecule has 2 fully saturated rings. The minimum absolute atomic E-state index is 0.601. The highest BCUT2D eigenvalue weighted by atomic mass is 16.5. The SMILES string of the molecule is COc1ccc([C@@H]2C3CCCC3[C@H]2NCc2ccncc2)cc1. The van der Waals surface area contributed by atoms with Gasteiger partial charge in [-0.25, -0.2) is 0 Å². The van der Waals surface area contributed by atoms with E-state index in [-0.39, 0.29) is 0 Å². The summed E-state index contributed by atoms with van der Waals surface area (Å²) in [5.74, 6) is 3.30. The van der Waals surface area contributed by atoms with Gasteiger partial charge in [0.1, 0.15) is 5.75 Å². The molecule has 2 saturated carbocycles. The lowest BCUT2D eigenvalue weighted by molar-refractivity contribution is 0.0940. The number of ether oxygens (including phenoxy) is 1. The molecule has 0 bridgehead atoms. The van der Waals surface area contributed by atoms with Crippen LogP contribution in [0.1, 0.15) is 36.3 Å². The number of hydrogen-bond acceptors (Lipinski definition) is 3. The van der Waals surface area contributed by atoms with Gasteiger partial charge in [0.05, 0.1) is 7.11 Å². The Kier molecular flexibility index (Phi) is 4.04. The van der Waals surface area contributed by atoms with Crippen molar-refractivity contribution in [2.45, 2.75) is 37.8 Å². The van der Waals surface area contributed by atoms with Gasteiger partial charge < -0.3 is 10.1 Å². The van der Waals surface area contributed by atoms with E-state index in [2.05, 4.69) is 46.7 Å². The maximum absolute atomic E-state index is 5.30. The van der Waals surface area contributed by atoms with Crippen molar-refractivity contribution in [2.24, 2.45) is 11.8 Å². The maximum Gasteiger partial charge on any atom is 0.118 e. The van der Waals surface area contributed by atoms with E-state index in [1.165, 1.54) is 30.4 Å². The topological polar surface area (TPSA) is 34.1 Å². The monoisotopic (exact) mass is 308 g/mol.